The summed E-state index contributed by atoms with van der Waals surface area (Å²) in [5.41, 5.74) is 2.26. The van der Waals surface area contributed by atoms with Crippen LogP contribution in [-0.2, 0) is 6.42 Å². The Kier molecular flexibility index (Phi) is 4.61. The van der Waals surface area contributed by atoms with Crippen molar-refractivity contribution in [1.82, 2.24) is 4.98 Å². The van der Waals surface area contributed by atoms with Gasteiger partial charge in [-0.05, 0) is 49.6 Å². The third-order valence-electron chi connectivity index (χ3n) is 3.06. The molecule has 1 N–H and O–H groups in total. The predicted molar refractivity (Wildman–Crippen MR) is 81.1 cm³/mol. The highest BCUT2D eigenvalue weighted by Gasteiger charge is 2.06. The van der Waals surface area contributed by atoms with Gasteiger partial charge < -0.3 is 10.1 Å². The maximum Gasteiger partial charge on any atom is 0.129 e. The van der Waals surface area contributed by atoms with E-state index in [2.05, 4.69) is 38.2 Å². The number of pyridine rings is 1. The van der Waals surface area contributed by atoms with Gasteiger partial charge in [0.05, 0.1) is 12.1 Å². The molecule has 0 aliphatic rings. The number of hydrogen-bond acceptors (Lipinski definition) is 3. The highest BCUT2D eigenvalue weighted by Crippen LogP contribution is 2.24. The quantitative estimate of drug-likeness (QED) is 0.849. The minimum Gasteiger partial charge on any atom is -0.494 e. The van der Waals surface area contributed by atoms with Gasteiger partial charge in [0, 0.05) is 11.9 Å². The maximum absolute atomic E-state index is 5.67. The minimum absolute atomic E-state index is 0.759. The molecule has 0 unspecified atom stereocenters. The number of aromatic nitrogens is 1. The van der Waals surface area contributed by atoms with Gasteiger partial charge in [0.25, 0.3) is 0 Å². The van der Waals surface area contributed by atoms with Crippen molar-refractivity contribution in [2.45, 2.75) is 33.6 Å². The smallest absolute Gasteiger partial charge is 0.129 e. The number of rotatable bonds is 6. The van der Waals surface area contributed by atoms with Crippen molar-refractivity contribution in [3.63, 3.8) is 0 Å². The number of hydrogen-bond donors (Lipinski definition) is 1. The number of ether oxygens (including phenoxy) is 1. The molecule has 1 aromatic carbocycles. The van der Waals surface area contributed by atoms with Crippen LogP contribution in [0.15, 0.2) is 24.3 Å². The van der Waals surface area contributed by atoms with Crippen LogP contribution in [0.5, 0.6) is 5.75 Å². The van der Waals surface area contributed by atoms with E-state index in [1.165, 1.54) is 5.56 Å². The molecule has 0 saturated carbocycles. The van der Waals surface area contributed by atoms with E-state index in [0.717, 1.165) is 48.5 Å². The summed E-state index contributed by atoms with van der Waals surface area (Å²) in [5.74, 6) is 1.93. The average molecular weight is 258 g/mol. The zero-order chi connectivity index (χ0) is 13.7. The van der Waals surface area contributed by atoms with Gasteiger partial charge in [0.1, 0.15) is 11.6 Å². The molecule has 0 amide bonds. The predicted octanol–water partition coefficient (Wildman–Crippen LogP) is 4.02. The van der Waals surface area contributed by atoms with Crippen LogP contribution >= 0.6 is 0 Å². The SMILES string of the molecule is CCCOc1ccc2nc(NCC)c(CC)cc2c1. The summed E-state index contributed by atoms with van der Waals surface area (Å²) >= 11 is 0. The number of anilines is 1. The molecule has 2 aromatic rings. The molecule has 0 saturated heterocycles. The van der Waals surface area contributed by atoms with Gasteiger partial charge in [-0.1, -0.05) is 13.8 Å². The van der Waals surface area contributed by atoms with Crippen LogP contribution in [0.2, 0.25) is 0 Å². The fourth-order valence-electron chi connectivity index (χ4n) is 2.10. The van der Waals surface area contributed by atoms with Crippen molar-refractivity contribution >= 4 is 16.7 Å². The molecule has 2 rings (SSSR count). The second kappa shape index (κ2) is 6.41. The maximum atomic E-state index is 5.67. The van der Waals surface area contributed by atoms with Crippen LogP contribution in [0.4, 0.5) is 5.82 Å². The Labute approximate surface area is 115 Å². The molecule has 3 nitrogen and oxygen atoms in total. The Balaban J connectivity index is 2.39. The minimum atomic E-state index is 0.759. The molecule has 0 atom stereocenters. The van der Waals surface area contributed by atoms with E-state index in [4.69, 9.17) is 9.72 Å². The largest absolute Gasteiger partial charge is 0.494 e. The van der Waals surface area contributed by atoms with Gasteiger partial charge in [-0.2, -0.15) is 0 Å². The second-order valence-electron chi connectivity index (χ2n) is 4.58. The summed E-state index contributed by atoms with van der Waals surface area (Å²) in [4.78, 5) is 4.69. The Hall–Kier alpha value is -1.77. The average Bonchev–Trinajstić information content (AvgIpc) is 2.44. The number of benzene rings is 1. The fraction of sp³-hybridized carbons (Fsp3) is 0.438. The van der Waals surface area contributed by atoms with E-state index in [-0.39, 0.29) is 0 Å². The van der Waals surface area contributed by atoms with Crippen LogP contribution in [0.1, 0.15) is 32.8 Å². The van der Waals surface area contributed by atoms with Crippen molar-refractivity contribution in [2.75, 3.05) is 18.5 Å². The number of nitrogens with one attached hydrogen (secondary N) is 1. The lowest BCUT2D eigenvalue weighted by molar-refractivity contribution is 0.318. The van der Waals surface area contributed by atoms with E-state index in [9.17, 15) is 0 Å². The first kappa shape index (κ1) is 13.7. The third-order valence-corrected chi connectivity index (χ3v) is 3.06. The molecule has 102 valence electrons. The third kappa shape index (κ3) is 3.16. The fourth-order valence-corrected chi connectivity index (χ4v) is 2.10. The van der Waals surface area contributed by atoms with Crippen molar-refractivity contribution in [3.05, 3.63) is 29.8 Å². The van der Waals surface area contributed by atoms with Gasteiger partial charge in [-0.25, -0.2) is 4.98 Å². The Morgan fingerprint density at radius 3 is 2.68 bits per heavy atom. The highest BCUT2D eigenvalue weighted by molar-refractivity contribution is 5.83. The van der Waals surface area contributed by atoms with E-state index in [0.29, 0.717) is 0 Å². The Morgan fingerprint density at radius 1 is 1.16 bits per heavy atom. The molecule has 1 heterocycles. The molecule has 19 heavy (non-hydrogen) atoms. The van der Waals surface area contributed by atoms with Crippen LogP contribution in [-0.4, -0.2) is 18.1 Å². The summed E-state index contributed by atoms with van der Waals surface area (Å²) in [6, 6.07) is 8.30. The van der Waals surface area contributed by atoms with Gasteiger partial charge >= 0.3 is 0 Å². The summed E-state index contributed by atoms with van der Waals surface area (Å²) in [5, 5.41) is 4.47. The highest BCUT2D eigenvalue weighted by atomic mass is 16.5. The first-order valence-electron chi connectivity index (χ1n) is 7.08. The monoisotopic (exact) mass is 258 g/mol. The molecular weight excluding hydrogens is 236 g/mol. The number of fused-ring (bicyclic) bond motifs is 1. The van der Waals surface area contributed by atoms with Crippen molar-refractivity contribution in [2.24, 2.45) is 0 Å². The van der Waals surface area contributed by atoms with Crippen LogP contribution in [0.25, 0.3) is 10.9 Å². The summed E-state index contributed by atoms with van der Waals surface area (Å²) in [6.07, 6.45) is 2.00. The molecule has 0 aliphatic heterocycles. The molecule has 0 bridgehead atoms. The summed E-state index contributed by atoms with van der Waals surface area (Å²) in [7, 11) is 0. The molecule has 0 spiro atoms. The number of aryl methyl sites for hydroxylation is 1. The molecule has 0 aliphatic carbocycles. The topological polar surface area (TPSA) is 34.1 Å². The standard InChI is InChI=1S/C16H22N2O/c1-4-9-19-14-7-8-15-13(11-14)10-12(5-2)16(18-15)17-6-3/h7-8,10-11H,4-6,9H2,1-3H3,(H,17,18). The zero-order valence-electron chi connectivity index (χ0n) is 12.0. The molecule has 1 aromatic heterocycles. The summed E-state index contributed by atoms with van der Waals surface area (Å²) < 4.78 is 5.67. The molecule has 0 fully saturated rings. The Bertz CT molecular complexity index is 552. The van der Waals surface area contributed by atoms with E-state index in [1.54, 1.807) is 0 Å². The van der Waals surface area contributed by atoms with Gasteiger partial charge in [-0.15, -0.1) is 0 Å². The van der Waals surface area contributed by atoms with E-state index < -0.39 is 0 Å². The lowest BCUT2D eigenvalue weighted by Crippen LogP contribution is -2.03. The normalized spacial score (nSPS) is 10.7. The van der Waals surface area contributed by atoms with Crippen molar-refractivity contribution in [3.8, 4) is 5.75 Å². The van der Waals surface area contributed by atoms with Crippen molar-refractivity contribution in [1.29, 1.82) is 0 Å². The first-order valence-corrected chi connectivity index (χ1v) is 7.08. The van der Waals surface area contributed by atoms with E-state index in [1.807, 2.05) is 12.1 Å². The molecule has 0 radical (unpaired) electrons. The van der Waals surface area contributed by atoms with Gasteiger partial charge in [0.15, 0.2) is 0 Å². The van der Waals surface area contributed by atoms with Crippen LogP contribution in [0.3, 0.4) is 0 Å². The van der Waals surface area contributed by atoms with Crippen LogP contribution < -0.4 is 10.1 Å². The zero-order valence-corrected chi connectivity index (χ0v) is 12.0. The summed E-state index contributed by atoms with van der Waals surface area (Å²) in [6.45, 7) is 8.01. The van der Waals surface area contributed by atoms with Gasteiger partial charge in [0.2, 0.25) is 0 Å². The lowest BCUT2D eigenvalue weighted by Gasteiger charge is -2.11. The lowest BCUT2D eigenvalue weighted by atomic mass is 10.1. The number of nitrogens with zero attached hydrogens (tertiary/aromatic N) is 1. The Morgan fingerprint density at radius 2 is 2.00 bits per heavy atom. The molecule has 3 heteroatoms. The first-order chi connectivity index (χ1) is 9.28. The second-order valence-corrected chi connectivity index (χ2v) is 4.58. The van der Waals surface area contributed by atoms with E-state index >= 15 is 0 Å². The van der Waals surface area contributed by atoms with Crippen molar-refractivity contribution < 1.29 is 4.74 Å². The molecular formula is C16H22N2O. The van der Waals surface area contributed by atoms with Crippen LogP contribution in [0, 0.1) is 0 Å². The van der Waals surface area contributed by atoms with Gasteiger partial charge in [-0.3, -0.25) is 0 Å².